The van der Waals surface area contributed by atoms with Crippen molar-refractivity contribution in [2.45, 2.75) is 83.5 Å². The molecular formula is C24H31F5N4O2. The Hall–Kier alpha value is -2.72. The minimum Gasteiger partial charge on any atom is -0.350 e. The molecule has 6 nitrogen and oxygen atoms in total. The molecule has 1 aromatic heterocycles. The van der Waals surface area contributed by atoms with E-state index in [0.717, 1.165) is 0 Å². The number of benzene rings is 1. The van der Waals surface area contributed by atoms with Crippen LogP contribution in [-0.4, -0.2) is 33.9 Å². The Bertz CT molecular complexity index is 1040. The molecule has 1 saturated carbocycles. The first kappa shape index (κ1) is 26.9. The Morgan fingerprint density at radius 1 is 1.14 bits per heavy atom. The van der Waals surface area contributed by atoms with Crippen LogP contribution in [0.25, 0.3) is 11.0 Å². The fourth-order valence-corrected chi connectivity index (χ4v) is 4.24. The number of H-pyrrole nitrogens is 1. The van der Waals surface area contributed by atoms with Crippen molar-refractivity contribution in [3.63, 3.8) is 0 Å². The lowest BCUT2D eigenvalue weighted by Gasteiger charge is -2.33. The van der Waals surface area contributed by atoms with Crippen LogP contribution in [0.4, 0.5) is 22.0 Å². The normalized spacial score (nSPS) is 18.4. The van der Waals surface area contributed by atoms with Crippen molar-refractivity contribution >= 4 is 22.8 Å². The van der Waals surface area contributed by atoms with E-state index in [-0.39, 0.29) is 43.4 Å². The standard InChI is InChI=1S/C24H31F5N4O2/c1-13(2)22(35)33-20(15-6-9-23(25,26)10-7-15)21-31-17-5-4-16(12-18(17)32-21)14(3)30-19(34)8-11-24(27,28)29/h4-5,12-15,20H,6-11H2,1-3H3,(H,30,34)(H,31,32)(H,33,35)/t14-,20+/m1/s1. The van der Waals surface area contributed by atoms with E-state index in [9.17, 15) is 31.5 Å². The molecule has 0 saturated heterocycles. The predicted octanol–water partition coefficient (Wildman–Crippen LogP) is 5.72. The van der Waals surface area contributed by atoms with Gasteiger partial charge in [0.15, 0.2) is 0 Å². The number of alkyl halides is 5. The van der Waals surface area contributed by atoms with Crippen LogP contribution in [-0.2, 0) is 9.59 Å². The van der Waals surface area contributed by atoms with E-state index < -0.39 is 42.9 Å². The first-order valence-corrected chi connectivity index (χ1v) is 11.8. The molecule has 2 amide bonds. The van der Waals surface area contributed by atoms with Crippen molar-refractivity contribution < 1.29 is 31.5 Å². The molecule has 194 valence electrons. The number of nitrogens with one attached hydrogen (secondary N) is 3. The molecule has 1 aliphatic carbocycles. The van der Waals surface area contributed by atoms with Gasteiger partial charge in [-0.2, -0.15) is 13.2 Å². The highest BCUT2D eigenvalue weighted by atomic mass is 19.4. The summed E-state index contributed by atoms with van der Waals surface area (Å²) in [4.78, 5) is 32.1. The van der Waals surface area contributed by atoms with Crippen molar-refractivity contribution in [1.82, 2.24) is 20.6 Å². The molecule has 0 spiro atoms. The Kier molecular flexibility index (Phi) is 8.06. The molecule has 1 aromatic carbocycles. The van der Waals surface area contributed by atoms with Gasteiger partial charge in [0.25, 0.3) is 0 Å². The van der Waals surface area contributed by atoms with Crippen LogP contribution in [0.2, 0.25) is 0 Å². The number of carbonyl (C=O) groups excluding carboxylic acids is 2. The zero-order valence-corrected chi connectivity index (χ0v) is 19.9. The Balaban J connectivity index is 1.79. The van der Waals surface area contributed by atoms with Crippen LogP contribution in [0.5, 0.6) is 0 Å². The lowest BCUT2D eigenvalue weighted by atomic mass is 9.81. The fraction of sp³-hybridized carbons (Fsp3) is 0.625. The van der Waals surface area contributed by atoms with Gasteiger partial charge >= 0.3 is 6.18 Å². The highest BCUT2D eigenvalue weighted by Gasteiger charge is 2.39. The molecule has 0 unspecified atom stereocenters. The summed E-state index contributed by atoms with van der Waals surface area (Å²) in [6, 6.07) is 4.06. The SMILES string of the molecule is CC(C)C(=O)N[C@H](c1nc2ccc([C@@H](C)NC(=O)CCC(F)(F)F)cc2[nH]1)C1CCC(F)(F)CC1. The second-order valence-corrected chi connectivity index (χ2v) is 9.64. The predicted molar refractivity (Wildman–Crippen MR) is 121 cm³/mol. The van der Waals surface area contributed by atoms with E-state index in [1.54, 1.807) is 39.0 Å². The molecule has 2 aromatic rings. The van der Waals surface area contributed by atoms with Crippen LogP contribution in [0, 0.1) is 11.8 Å². The van der Waals surface area contributed by atoms with Gasteiger partial charge in [0, 0.05) is 25.2 Å². The van der Waals surface area contributed by atoms with Gasteiger partial charge in [-0.25, -0.2) is 13.8 Å². The summed E-state index contributed by atoms with van der Waals surface area (Å²) in [5.74, 6) is -3.64. The summed E-state index contributed by atoms with van der Waals surface area (Å²) in [5.41, 5.74) is 1.86. The second-order valence-electron chi connectivity index (χ2n) is 9.64. The average molecular weight is 503 g/mol. The molecule has 3 rings (SSSR count). The minimum atomic E-state index is -4.40. The molecule has 0 aliphatic heterocycles. The minimum absolute atomic E-state index is 0.204. The summed E-state index contributed by atoms with van der Waals surface area (Å²) >= 11 is 0. The number of rotatable bonds is 8. The quantitative estimate of drug-likeness (QED) is 0.404. The van der Waals surface area contributed by atoms with Crippen LogP contribution in [0.1, 0.15) is 82.8 Å². The maximum absolute atomic E-state index is 13.7. The third-order valence-corrected chi connectivity index (χ3v) is 6.39. The fourth-order valence-electron chi connectivity index (χ4n) is 4.24. The number of fused-ring (bicyclic) bond motifs is 1. The van der Waals surface area contributed by atoms with Gasteiger partial charge in [-0.05, 0) is 43.4 Å². The van der Waals surface area contributed by atoms with Gasteiger partial charge in [-0.15, -0.1) is 0 Å². The van der Waals surface area contributed by atoms with Crippen LogP contribution < -0.4 is 10.6 Å². The maximum atomic E-state index is 13.7. The molecule has 35 heavy (non-hydrogen) atoms. The van der Waals surface area contributed by atoms with E-state index in [1.165, 1.54) is 0 Å². The lowest BCUT2D eigenvalue weighted by molar-refractivity contribution is -0.144. The van der Waals surface area contributed by atoms with Crippen molar-refractivity contribution in [2.75, 3.05) is 0 Å². The van der Waals surface area contributed by atoms with Crippen LogP contribution in [0.15, 0.2) is 18.2 Å². The topological polar surface area (TPSA) is 86.9 Å². The smallest absolute Gasteiger partial charge is 0.350 e. The number of carbonyl (C=O) groups is 2. The van der Waals surface area contributed by atoms with E-state index in [4.69, 9.17) is 0 Å². The molecule has 2 atom stereocenters. The Morgan fingerprint density at radius 2 is 1.80 bits per heavy atom. The molecular weight excluding hydrogens is 471 g/mol. The number of nitrogens with zero attached hydrogens (tertiary/aromatic N) is 1. The number of imidazole rings is 1. The molecule has 0 radical (unpaired) electrons. The largest absolute Gasteiger partial charge is 0.389 e. The summed E-state index contributed by atoms with van der Waals surface area (Å²) in [6.07, 6.45) is -6.24. The molecule has 11 heteroatoms. The molecule has 1 fully saturated rings. The Morgan fingerprint density at radius 3 is 2.40 bits per heavy atom. The third kappa shape index (κ3) is 7.38. The van der Waals surface area contributed by atoms with E-state index in [1.807, 2.05) is 0 Å². The van der Waals surface area contributed by atoms with Crippen molar-refractivity contribution in [1.29, 1.82) is 0 Å². The van der Waals surface area contributed by atoms with E-state index >= 15 is 0 Å². The average Bonchev–Trinajstić information content (AvgIpc) is 3.18. The number of hydrogen-bond acceptors (Lipinski definition) is 3. The van der Waals surface area contributed by atoms with Crippen LogP contribution >= 0.6 is 0 Å². The zero-order chi connectivity index (χ0) is 26.0. The van der Waals surface area contributed by atoms with Crippen molar-refractivity contribution in [3.05, 3.63) is 29.6 Å². The van der Waals surface area contributed by atoms with Crippen LogP contribution in [0.3, 0.4) is 0 Å². The van der Waals surface area contributed by atoms with E-state index in [0.29, 0.717) is 22.4 Å². The van der Waals surface area contributed by atoms with Gasteiger partial charge in [-0.1, -0.05) is 19.9 Å². The maximum Gasteiger partial charge on any atom is 0.389 e. The van der Waals surface area contributed by atoms with Gasteiger partial charge in [0.1, 0.15) is 5.82 Å². The molecule has 1 aliphatic rings. The summed E-state index contributed by atoms with van der Waals surface area (Å²) < 4.78 is 64.5. The molecule has 1 heterocycles. The third-order valence-electron chi connectivity index (χ3n) is 6.39. The zero-order valence-electron chi connectivity index (χ0n) is 19.9. The number of aromatic nitrogens is 2. The molecule has 0 bridgehead atoms. The van der Waals surface area contributed by atoms with Gasteiger partial charge < -0.3 is 15.6 Å². The highest BCUT2D eigenvalue weighted by Crippen LogP contribution is 2.41. The van der Waals surface area contributed by atoms with E-state index in [2.05, 4.69) is 20.6 Å². The first-order valence-electron chi connectivity index (χ1n) is 11.8. The highest BCUT2D eigenvalue weighted by molar-refractivity contribution is 5.80. The van der Waals surface area contributed by atoms with Crippen molar-refractivity contribution in [3.8, 4) is 0 Å². The van der Waals surface area contributed by atoms with Gasteiger partial charge in [-0.3, -0.25) is 9.59 Å². The monoisotopic (exact) mass is 502 g/mol. The number of hydrogen-bond donors (Lipinski definition) is 3. The number of amides is 2. The van der Waals surface area contributed by atoms with Gasteiger partial charge in [0.05, 0.1) is 29.5 Å². The summed E-state index contributed by atoms with van der Waals surface area (Å²) in [6.45, 7) is 5.16. The number of halogens is 5. The van der Waals surface area contributed by atoms with Gasteiger partial charge in [0.2, 0.25) is 17.7 Å². The number of aromatic amines is 1. The molecule has 3 N–H and O–H groups in total. The first-order chi connectivity index (χ1) is 16.2. The van der Waals surface area contributed by atoms with Crippen molar-refractivity contribution in [2.24, 2.45) is 11.8 Å². The lowest BCUT2D eigenvalue weighted by Crippen LogP contribution is -2.39. The summed E-state index contributed by atoms with van der Waals surface area (Å²) in [7, 11) is 0. The second kappa shape index (κ2) is 10.5. The summed E-state index contributed by atoms with van der Waals surface area (Å²) in [5, 5.41) is 5.51. The Labute approximate surface area is 200 Å².